The van der Waals surface area contributed by atoms with E-state index in [-0.39, 0.29) is 33.7 Å². The molecule has 0 amide bonds. The molecule has 4 aromatic carbocycles. The molecule has 4 aromatic rings. The van der Waals surface area contributed by atoms with Crippen molar-refractivity contribution >= 4 is 17.4 Å². The molecule has 184 valence electrons. The molecule has 9 nitrogen and oxygen atoms in total. The fraction of sp³-hybridized carbons (Fsp3) is 0.0345. The Labute approximate surface area is 216 Å². The van der Waals surface area contributed by atoms with E-state index in [1.807, 2.05) is 12.1 Å². The van der Waals surface area contributed by atoms with Crippen LogP contribution in [-0.4, -0.2) is 16.7 Å². The van der Waals surface area contributed by atoms with Gasteiger partial charge in [0.25, 0.3) is 5.69 Å². The maximum atomic E-state index is 13.2. The summed E-state index contributed by atoms with van der Waals surface area (Å²) in [5.41, 5.74) is 0.798. The Balaban J connectivity index is 1.57. The highest BCUT2D eigenvalue weighted by atomic mass is 16.6. The molecule has 0 N–H and O–H groups in total. The molecule has 0 heterocycles. The van der Waals surface area contributed by atoms with Gasteiger partial charge in [-0.25, -0.2) is 4.79 Å². The van der Waals surface area contributed by atoms with Crippen LogP contribution in [0.15, 0.2) is 97.1 Å². The number of ketones is 1. The Morgan fingerprint density at radius 2 is 1.47 bits per heavy atom. The minimum atomic E-state index is -1.34. The van der Waals surface area contributed by atoms with Gasteiger partial charge < -0.3 is 9.47 Å². The number of hydrogen-bond donors (Lipinski definition) is 0. The smallest absolute Gasteiger partial charge is 0.339 e. The SMILES string of the molecule is N#Cc1cccc(Oc2ccc(C(=O)O[C@@H](C(=O)c3ccccc3)c3ccc([N+](=O)[O-])cc3)cc2)c1C#N. The van der Waals surface area contributed by atoms with E-state index in [0.717, 1.165) is 0 Å². The first-order valence-electron chi connectivity index (χ1n) is 11.2. The lowest BCUT2D eigenvalue weighted by molar-refractivity contribution is -0.384. The minimum absolute atomic E-state index is 0.0869. The fourth-order valence-corrected chi connectivity index (χ4v) is 3.58. The van der Waals surface area contributed by atoms with Crippen molar-refractivity contribution in [3.8, 4) is 23.6 Å². The van der Waals surface area contributed by atoms with Crippen LogP contribution in [0, 0.1) is 32.8 Å². The highest BCUT2D eigenvalue weighted by Gasteiger charge is 2.27. The molecule has 0 saturated heterocycles. The number of non-ortho nitro benzene ring substituents is 1. The Morgan fingerprint density at radius 3 is 2.08 bits per heavy atom. The molecule has 4 rings (SSSR count). The largest absolute Gasteiger partial charge is 0.456 e. The number of rotatable bonds is 8. The molecule has 1 atom stereocenters. The lowest BCUT2D eigenvalue weighted by atomic mass is 9.99. The quantitative estimate of drug-likeness (QED) is 0.125. The van der Waals surface area contributed by atoms with Gasteiger partial charge >= 0.3 is 5.97 Å². The second kappa shape index (κ2) is 11.3. The molecule has 0 aliphatic rings. The summed E-state index contributed by atoms with van der Waals surface area (Å²) >= 11 is 0. The lowest BCUT2D eigenvalue weighted by Gasteiger charge is -2.18. The minimum Gasteiger partial charge on any atom is -0.456 e. The number of Topliss-reactive ketones (excluding diaryl/α,β-unsaturated/α-hetero) is 1. The van der Waals surface area contributed by atoms with Gasteiger partial charge in [-0.3, -0.25) is 14.9 Å². The van der Waals surface area contributed by atoms with Crippen LogP contribution in [0.1, 0.15) is 43.5 Å². The molecule has 0 fully saturated rings. The standard InChI is InChI=1S/C29H17N3O6/c30-17-22-7-4-8-26(25(22)18-31)37-24-15-11-21(12-16-24)29(34)38-28(27(33)19-5-2-1-3-6-19)20-9-13-23(14-10-20)32(35)36/h1-16,28H/t28-/m1/s1. The number of benzene rings is 4. The first-order chi connectivity index (χ1) is 18.4. The summed E-state index contributed by atoms with van der Waals surface area (Å²) < 4.78 is 11.3. The van der Waals surface area contributed by atoms with Gasteiger partial charge in [-0.2, -0.15) is 10.5 Å². The number of nitrogens with zero attached hydrogens (tertiary/aromatic N) is 3. The Hall–Kier alpha value is -5.80. The summed E-state index contributed by atoms with van der Waals surface area (Å²) in [4.78, 5) is 36.7. The molecule has 0 unspecified atom stereocenters. The summed E-state index contributed by atoms with van der Waals surface area (Å²) in [6.07, 6.45) is -1.34. The van der Waals surface area contributed by atoms with Gasteiger partial charge in [0.05, 0.1) is 16.1 Å². The number of nitriles is 2. The monoisotopic (exact) mass is 503 g/mol. The predicted molar refractivity (Wildman–Crippen MR) is 134 cm³/mol. The van der Waals surface area contributed by atoms with Crippen LogP contribution in [0.5, 0.6) is 11.5 Å². The van der Waals surface area contributed by atoms with Crippen molar-refractivity contribution in [3.63, 3.8) is 0 Å². The topological polar surface area (TPSA) is 143 Å². The molecule has 38 heavy (non-hydrogen) atoms. The highest BCUT2D eigenvalue weighted by Crippen LogP contribution is 2.29. The van der Waals surface area contributed by atoms with Gasteiger partial charge in [-0.1, -0.05) is 36.4 Å². The van der Waals surface area contributed by atoms with Crippen LogP contribution in [0.3, 0.4) is 0 Å². The van der Waals surface area contributed by atoms with Crippen molar-refractivity contribution in [2.45, 2.75) is 6.10 Å². The van der Waals surface area contributed by atoms with E-state index in [1.165, 1.54) is 54.6 Å². The molecule has 0 spiro atoms. The predicted octanol–water partition coefficient (Wildman–Crippen LogP) is 5.91. The molecule has 0 saturated carbocycles. The maximum absolute atomic E-state index is 13.2. The molecule has 0 aliphatic carbocycles. The van der Waals surface area contributed by atoms with Gasteiger partial charge in [0.2, 0.25) is 5.78 Å². The van der Waals surface area contributed by atoms with E-state index in [0.29, 0.717) is 11.3 Å². The van der Waals surface area contributed by atoms with Crippen LogP contribution >= 0.6 is 0 Å². The van der Waals surface area contributed by atoms with E-state index in [4.69, 9.17) is 9.47 Å². The van der Waals surface area contributed by atoms with Crippen molar-refractivity contribution < 1.29 is 24.0 Å². The zero-order valence-corrected chi connectivity index (χ0v) is 19.6. The average molecular weight is 503 g/mol. The molecular weight excluding hydrogens is 486 g/mol. The number of carbonyl (C=O) groups excluding carboxylic acids is 2. The van der Waals surface area contributed by atoms with Crippen LogP contribution in [-0.2, 0) is 4.74 Å². The third kappa shape index (κ3) is 5.54. The van der Waals surface area contributed by atoms with Crippen molar-refractivity contribution in [2.75, 3.05) is 0 Å². The zero-order chi connectivity index (χ0) is 27.1. The molecule has 0 aliphatic heterocycles. The summed E-state index contributed by atoms with van der Waals surface area (Å²) in [5, 5.41) is 29.6. The first-order valence-corrected chi connectivity index (χ1v) is 11.2. The van der Waals surface area contributed by atoms with Gasteiger partial charge in [0.15, 0.2) is 6.10 Å². The van der Waals surface area contributed by atoms with Crippen molar-refractivity contribution in [1.82, 2.24) is 0 Å². The first kappa shape index (κ1) is 25.3. The van der Waals surface area contributed by atoms with Gasteiger partial charge in [-0.15, -0.1) is 0 Å². The van der Waals surface area contributed by atoms with Crippen LogP contribution in [0.4, 0.5) is 5.69 Å². The average Bonchev–Trinajstić information content (AvgIpc) is 2.96. The number of ether oxygens (including phenoxy) is 2. The second-order valence-electron chi connectivity index (χ2n) is 7.89. The number of hydrogen-bond acceptors (Lipinski definition) is 8. The second-order valence-corrected chi connectivity index (χ2v) is 7.89. The van der Waals surface area contributed by atoms with E-state index in [9.17, 15) is 30.2 Å². The molecule has 0 bridgehead atoms. The van der Waals surface area contributed by atoms with E-state index >= 15 is 0 Å². The number of carbonyl (C=O) groups is 2. The highest BCUT2D eigenvalue weighted by molar-refractivity contribution is 6.02. The molecule has 0 aromatic heterocycles. The third-order valence-electron chi connectivity index (χ3n) is 5.50. The zero-order valence-electron chi connectivity index (χ0n) is 19.6. The Bertz CT molecular complexity index is 1590. The van der Waals surface area contributed by atoms with Crippen molar-refractivity contribution in [3.05, 3.63) is 135 Å². The normalized spacial score (nSPS) is 10.9. The van der Waals surface area contributed by atoms with Gasteiger partial charge in [0.1, 0.15) is 29.2 Å². The summed E-state index contributed by atoms with van der Waals surface area (Å²) in [6, 6.07) is 27.8. The summed E-state index contributed by atoms with van der Waals surface area (Å²) in [5.74, 6) is -0.795. The van der Waals surface area contributed by atoms with E-state index < -0.39 is 22.8 Å². The van der Waals surface area contributed by atoms with Gasteiger partial charge in [0, 0.05) is 23.3 Å². The van der Waals surface area contributed by atoms with Crippen LogP contribution in [0.2, 0.25) is 0 Å². The van der Waals surface area contributed by atoms with Crippen molar-refractivity contribution in [1.29, 1.82) is 10.5 Å². The van der Waals surface area contributed by atoms with Gasteiger partial charge in [-0.05, 0) is 48.5 Å². The van der Waals surface area contributed by atoms with E-state index in [1.54, 1.807) is 42.5 Å². The van der Waals surface area contributed by atoms with Crippen LogP contribution in [0.25, 0.3) is 0 Å². The number of nitro groups is 1. The summed E-state index contributed by atoms with van der Waals surface area (Å²) in [6.45, 7) is 0. The number of nitro benzene ring substituents is 1. The maximum Gasteiger partial charge on any atom is 0.339 e. The van der Waals surface area contributed by atoms with Crippen molar-refractivity contribution in [2.24, 2.45) is 0 Å². The molecule has 9 heteroatoms. The third-order valence-corrected chi connectivity index (χ3v) is 5.50. The summed E-state index contributed by atoms with van der Waals surface area (Å²) in [7, 11) is 0. The Kier molecular flexibility index (Phi) is 7.52. The van der Waals surface area contributed by atoms with E-state index in [2.05, 4.69) is 0 Å². The Morgan fingerprint density at radius 1 is 0.789 bits per heavy atom. The lowest BCUT2D eigenvalue weighted by Crippen LogP contribution is -2.20. The number of esters is 1. The molecule has 0 radical (unpaired) electrons. The fourth-order valence-electron chi connectivity index (χ4n) is 3.58. The molecular formula is C29H17N3O6. The van der Waals surface area contributed by atoms with Crippen LogP contribution < -0.4 is 4.74 Å².